The Labute approximate surface area is 179 Å². The topological polar surface area (TPSA) is 94.5 Å². The number of ketones is 1. The van der Waals surface area contributed by atoms with Crippen molar-refractivity contribution in [2.24, 2.45) is 0 Å². The lowest BCUT2D eigenvalue weighted by Crippen LogP contribution is -2.32. The maximum absolute atomic E-state index is 13.0. The van der Waals surface area contributed by atoms with Crippen LogP contribution in [-0.4, -0.2) is 62.3 Å². The molecule has 1 amide bonds. The van der Waals surface area contributed by atoms with E-state index in [0.29, 0.717) is 41.6 Å². The Balaban J connectivity index is 1.84. The van der Waals surface area contributed by atoms with Crippen LogP contribution in [0.1, 0.15) is 17.2 Å². The Morgan fingerprint density at radius 2 is 1.87 bits per heavy atom. The summed E-state index contributed by atoms with van der Waals surface area (Å²) in [7, 11) is 3.06. The molecule has 0 aromatic heterocycles. The lowest BCUT2D eigenvalue weighted by molar-refractivity contribution is -0.140. The van der Waals surface area contributed by atoms with Crippen LogP contribution < -0.4 is 14.2 Å². The lowest BCUT2D eigenvalue weighted by atomic mass is 9.95. The number of hydrogen-bond donors (Lipinski definition) is 1. The van der Waals surface area contributed by atoms with E-state index in [0.717, 1.165) is 0 Å². The van der Waals surface area contributed by atoms with Gasteiger partial charge in [0.25, 0.3) is 11.7 Å². The zero-order valence-corrected chi connectivity index (χ0v) is 17.3. The number of rotatable bonds is 6. The maximum Gasteiger partial charge on any atom is 0.295 e. The SMILES string of the molecule is COCCN1C(=O)C(=O)/C(=C(\O)c2ccc3c(c2)OCCO3)C1c1cccc(OC)c1. The van der Waals surface area contributed by atoms with Crippen LogP contribution in [0.5, 0.6) is 17.2 Å². The Kier molecular flexibility index (Phi) is 5.81. The summed E-state index contributed by atoms with van der Waals surface area (Å²) in [5.74, 6) is -0.105. The molecule has 2 heterocycles. The van der Waals surface area contributed by atoms with Gasteiger partial charge in [-0.2, -0.15) is 0 Å². The normalized spacial score (nSPS) is 19.5. The van der Waals surface area contributed by atoms with Crippen LogP contribution in [0.4, 0.5) is 0 Å². The molecule has 162 valence electrons. The van der Waals surface area contributed by atoms with Crippen molar-refractivity contribution < 1.29 is 33.6 Å². The van der Waals surface area contributed by atoms with E-state index >= 15 is 0 Å². The predicted molar refractivity (Wildman–Crippen MR) is 111 cm³/mol. The first-order valence-corrected chi connectivity index (χ1v) is 9.86. The number of carbonyl (C=O) groups excluding carboxylic acids is 2. The molecule has 1 unspecified atom stereocenters. The van der Waals surface area contributed by atoms with E-state index in [4.69, 9.17) is 18.9 Å². The van der Waals surface area contributed by atoms with Crippen molar-refractivity contribution in [3.05, 3.63) is 59.2 Å². The van der Waals surface area contributed by atoms with Gasteiger partial charge in [-0.1, -0.05) is 12.1 Å². The van der Waals surface area contributed by atoms with Crippen molar-refractivity contribution >= 4 is 17.4 Å². The predicted octanol–water partition coefficient (Wildman–Crippen LogP) is 2.53. The number of benzene rings is 2. The van der Waals surface area contributed by atoms with Gasteiger partial charge in [0.1, 0.15) is 24.7 Å². The molecular weight excluding hydrogens is 402 g/mol. The molecule has 1 N–H and O–H groups in total. The van der Waals surface area contributed by atoms with Crippen LogP contribution in [-0.2, 0) is 14.3 Å². The van der Waals surface area contributed by atoms with Crippen molar-refractivity contribution in [3.8, 4) is 17.2 Å². The molecule has 0 aliphatic carbocycles. The summed E-state index contributed by atoms with van der Waals surface area (Å²) in [4.78, 5) is 27.2. The molecule has 2 aliphatic heterocycles. The number of ether oxygens (including phenoxy) is 4. The highest BCUT2D eigenvalue weighted by molar-refractivity contribution is 6.46. The van der Waals surface area contributed by atoms with Crippen LogP contribution in [0, 0.1) is 0 Å². The molecular formula is C23H23NO7. The van der Waals surface area contributed by atoms with Crippen LogP contribution in [0.25, 0.3) is 5.76 Å². The van der Waals surface area contributed by atoms with Gasteiger partial charge in [0.2, 0.25) is 0 Å². The zero-order chi connectivity index (χ0) is 22.0. The van der Waals surface area contributed by atoms with Crippen LogP contribution in [0.15, 0.2) is 48.0 Å². The Hall–Kier alpha value is -3.52. The number of Topliss-reactive ketones (excluding diaryl/α,β-unsaturated/α-hetero) is 1. The fraction of sp³-hybridized carbons (Fsp3) is 0.304. The molecule has 2 aliphatic rings. The third-order valence-electron chi connectivity index (χ3n) is 5.30. The van der Waals surface area contributed by atoms with Crippen molar-refractivity contribution in [1.82, 2.24) is 4.90 Å². The summed E-state index contributed by atoms with van der Waals surface area (Å²) >= 11 is 0. The standard InChI is InChI=1S/C23H23NO7/c1-28-9-8-24-20(14-4-3-5-16(12-14)29-2)19(22(26)23(24)27)21(25)15-6-7-17-18(13-15)31-11-10-30-17/h3-7,12-13,20,25H,8-11H2,1-2H3/b21-19-. The molecule has 2 aromatic carbocycles. The van der Waals surface area contributed by atoms with Crippen molar-refractivity contribution in [1.29, 1.82) is 0 Å². The molecule has 0 bridgehead atoms. The first-order chi connectivity index (χ1) is 15.0. The average molecular weight is 425 g/mol. The number of carbonyl (C=O) groups is 2. The molecule has 8 nitrogen and oxygen atoms in total. The van der Waals surface area contributed by atoms with Gasteiger partial charge in [-0.15, -0.1) is 0 Å². The fourth-order valence-electron chi connectivity index (χ4n) is 3.80. The number of nitrogens with zero attached hydrogens (tertiary/aromatic N) is 1. The monoisotopic (exact) mass is 425 g/mol. The molecule has 1 fully saturated rings. The van der Waals surface area contributed by atoms with Gasteiger partial charge in [0.15, 0.2) is 11.5 Å². The van der Waals surface area contributed by atoms with Crippen molar-refractivity contribution in [3.63, 3.8) is 0 Å². The number of aliphatic hydroxyl groups excluding tert-OH is 1. The summed E-state index contributed by atoms with van der Waals surface area (Å²) in [5, 5.41) is 11.1. The van der Waals surface area contributed by atoms with Gasteiger partial charge in [-0.3, -0.25) is 9.59 Å². The van der Waals surface area contributed by atoms with E-state index in [-0.39, 0.29) is 24.5 Å². The van der Waals surface area contributed by atoms with Gasteiger partial charge in [0.05, 0.1) is 25.3 Å². The number of likely N-dealkylation sites (tertiary alicyclic amines) is 1. The second-order valence-electron chi connectivity index (χ2n) is 7.12. The summed E-state index contributed by atoms with van der Waals surface area (Å²) in [6, 6.07) is 11.2. The summed E-state index contributed by atoms with van der Waals surface area (Å²) < 4.78 is 21.5. The van der Waals surface area contributed by atoms with Crippen molar-refractivity contribution in [2.75, 3.05) is 40.6 Å². The summed E-state index contributed by atoms with van der Waals surface area (Å²) in [6.07, 6.45) is 0. The van der Waals surface area contributed by atoms with Crippen molar-refractivity contribution in [2.45, 2.75) is 6.04 Å². The third-order valence-corrected chi connectivity index (χ3v) is 5.30. The minimum atomic E-state index is -0.779. The third kappa shape index (κ3) is 3.82. The molecule has 4 rings (SSSR count). The summed E-state index contributed by atoms with van der Waals surface area (Å²) in [6.45, 7) is 1.28. The number of hydrogen-bond acceptors (Lipinski definition) is 7. The molecule has 2 aromatic rings. The van der Waals surface area contributed by atoms with Crippen LogP contribution in [0.3, 0.4) is 0 Å². The van der Waals surface area contributed by atoms with Gasteiger partial charge >= 0.3 is 0 Å². The molecule has 8 heteroatoms. The van der Waals surface area contributed by atoms with Gasteiger partial charge in [-0.05, 0) is 35.9 Å². The second-order valence-corrected chi connectivity index (χ2v) is 7.12. The smallest absolute Gasteiger partial charge is 0.295 e. The number of amides is 1. The van der Waals surface area contributed by atoms with E-state index in [1.807, 2.05) is 0 Å². The highest BCUT2D eigenvalue weighted by Gasteiger charge is 2.46. The minimum absolute atomic E-state index is 0.00559. The van der Waals surface area contributed by atoms with E-state index < -0.39 is 17.7 Å². The molecule has 1 saturated heterocycles. The molecule has 0 spiro atoms. The Morgan fingerprint density at radius 3 is 2.61 bits per heavy atom. The molecule has 0 radical (unpaired) electrons. The lowest BCUT2D eigenvalue weighted by Gasteiger charge is -2.25. The van der Waals surface area contributed by atoms with Gasteiger partial charge < -0.3 is 29.0 Å². The minimum Gasteiger partial charge on any atom is -0.507 e. The first kappa shape index (κ1) is 20.7. The average Bonchev–Trinajstić information content (AvgIpc) is 3.06. The Bertz CT molecular complexity index is 1050. The molecule has 0 saturated carbocycles. The van der Waals surface area contributed by atoms with Gasteiger partial charge in [0, 0.05) is 19.2 Å². The van der Waals surface area contributed by atoms with E-state index in [2.05, 4.69) is 0 Å². The number of fused-ring (bicyclic) bond motifs is 1. The van der Waals surface area contributed by atoms with Crippen LogP contribution >= 0.6 is 0 Å². The summed E-state index contributed by atoms with van der Waals surface area (Å²) in [5.41, 5.74) is 1.02. The maximum atomic E-state index is 13.0. The molecule has 1 atom stereocenters. The first-order valence-electron chi connectivity index (χ1n) is 9.86. The zero-order valence-electron chi connectivity index (χ0n) is 17.3. The molecule has 31 heavy (non-hydrogen) atoms. The fourth-order valence-corrected chi connectivity index (χ4v) is 3.80. The number of aliphatic hydroxyl groups is 1. The second kappa shape index (κ2) is 8.69. The quantitative estimate of drug-likeness (QED) is 0.432. The highest BCUT2D eigenvalue weighted by Crippen LogP contribution is 2.41. The highest BCUT2D eigenvalue weighted by atomic mass is 16.6. The Morgan fingerprint density at radius 1 is 1.10 bits per heavy atom. The van der Waals surface area contributed by atoms with E-state index in [1.54, 1.807) is 42.5 Å². The van der Waals surface area contributed by atoms with E-state index in [1.165, 1.54) is 19.1 Å². The van der Waals surface area contributed by atoms with Crippen LogP contribution in [0.2, 0.25) is 0 Å². The van der Waals surface area contributed by atoms with E-state index in [9.17, 15) is 14.7 Å². The number of methoxy groups -OCH3 is 2. The van der Waals surface area contributed by atoms with Gasteiger partial charge in [-0.25, -0.2) is 0 Å². The largest absolute Gasteiger partial charge is 0.507 e.